The molecule has 7 nitrogen and oxygen atoms in total. The molecule has 8 heteroatoms. The number of thiophene rings is 1. The zero-order chi connectivity index (χ0) is 24.6. The second kappa shape index (κ2) is 11.7. The Hall–Kier alpha value is -3.65. The number of hydrogen-bond donors (Lipinski definition) is 2. The molecular formula is C27H29N3O4S. The third kappa shape index (κ3) is 5.89. The molecule has 0 aliphatic heterocycles. The topological polar surface area (TPSA) is 87.7 Å². The number of carbonyl (C=O) groups is 3. The molecule has 1 aliphatic carbocycles. The van der Waals surface area contributed by atoms with Gasteiger partial charge in [0.2, 0.25) is 11.8 Å². The van der Waals surface area contributed by atoms with Crippen LogP contribution in [0.2, 0.25) is 0 Å². The molecule has 1 unspecified atom stereocenters. The Bertz CT molecular complexity index is 1140. The number of hydrogen-bond acceptors (Lipinski definition) is 5. The second-order valence-electron chi connectivity index (χ2n) is 8.40. The van der Waals surface area contributed by atoms with Gasteiger partial charge in [-0.15, -0.1) is 11.3 Å². The predicted octanol–water partition coefficient (Wildman–Crippen LogP) is 4.32. The van der Waals surface area contributed by atoms with Crippen LogP contribution in [0.15, 0.2) is 72.1 Å². The summed E-state index contributed by atoms with van der Waals surface area (Å²) in [5.41, 5.74) is 1.13. The lowest BCUT2D eigenvalue weighted by Gasteiger charge is -2.33. The van der Waals surface area contributed by atoms with E-state index in [4.69, 9.17) is 4.74 Å². The smallest absolute Gasteiger partial charge is 0.261 e. The van der Waals surface area contributed by atoms with E-state index in [9.17, 15) is 14.4 Å². The average Bonchev–Trinajstić information content (AvgIpc) is 3.61. The Morgan fingerprint density at radius 3 is 2.40 bits per heavy atom. The first kappa shape index (κ1) is 24.5. The standard InChI is InChI=1S/C27H29N3O4S/c1-34-22-15-8-7-14-21(22)30(24(31)18-28-26(32)23-16-9-17-35-23)25(19-10-3-2-4-11-19)27(33)29-20-12-5-6-13-20/h2-4,7-11,14-17,20,25H,5-6,12-13,18H2,1H3,(H,28,32)(H,29,33). The maximum Gasteiger partial charge on any atom is 0.261 e. The molecule has 1 atom stereocenters. The van der Waals surface area contributed by atoms with E-state index >= 15 is 0 Å². The van der Waals surface area contributed by atoms with Crippen LogP contribution in [0.4, 0.5) is 5.69 Å². The third-order valence-electron chi connectivity index (χ3n) is 6.08. The van der Waals surface area contributed by atoms with Crippen LogP contribution in [-0.2, 0) is 9.59 Å². The Morgan fingerprint density at radius 2 is 1.71 bits per heavy atom. The molecule has 1 heterocycles. The van der Waals surface area contributed by atoms with Gasteiger partial charge in [0.15, 0.2) is 0 Å². The number of anilines is 1. The summed E-state index contributed by atoms with van der Waals surface area (Å²) in [6.45, 7) is -0.269. The van der Waals surface area contributed by atoms with Crippen LogP contribution in [0.25, 0.3) is 0 Å². The Morgan fingerprint density at radius 1 is 1.00 bits per heavy atom. The minimum absolute atomic E-state index is 0.0851. The molecule has 1 saturated carbocycles. The van der Waals surface area contributed by atoms with Crippen molar-refractivity contribution in [2.24, 2.45) is 0 Å². The molecule has 0 radical (unpaired) electrons. The fourth-order valence-corrected chi connectivity index (χ4v) is 5.03. The second-order valence-corrected chi connectivity index (χ2v) is 9.35. The molecule has 182 valence electrons. The number of para-hydroxylation sites is 2. The molecule has 2 N–H and O–H groups in total. The van der Waals surface area contributed by atoms with Crippen LogP contribution in [0.5, 0.6) is 5.75 Å². The summed E-state index contributed by atoms with van der Waals surface area (Å²) >= 11 is 1.30. The van der Waals surface area contributed by atoms with Gasteiger partial charge >= 0.3 is 0 Å². The number of methoxy groups -OCH3 is 1. The Labute approximate surface area is 209 Å². The van der Waals surface area contributed by atoms with E-state index in [1.54, 1.807) is 41.8 Å². The first-order valence-corrected chi connectivity index (χ1v) is 12.6. The highest BCUT2D eigenvalue weighted by Crippen LogP contribution is 2.35. The third-order valence-corrected chi connectivity index (χ3v) is 6.95. The maximum atomic E-state index is 13.7. The fraction of sp³-hybridized carbons (Fsp3) is 0.296. The first-order valence-electron chi connectivity index (χ1n) is 11.7. The van der Waals surface area contributed by atoms with Gasteiger partial charge in [0, 0.05) is 6.04 Å². The van der Waals surface area contributed by atoms with Gasteiger partial charge < -0.3 is 15.4 Å². The van der Waals surface area contributed by atoms with E-state index in [2.05, 4.69) is 10.6 Å². The number of nitrogens with one attached hydrogen (secondary N) is 2. The van der Waals surface area contributed by atoms with Crippen LogP contribution >= 0.6 is 11.3 Å². The summed E-state index contributed by atoms with van der Waals surface area (Å²) < 4.78 is 5.55. The quantitative estimate of drug-likeness (QED) is 0.467. The summed E-state index contributed by atoms with van der Waals surface area (Å²) in [6, 6.07) is 18.9. The largest absolute Gasteiger partial charge is 0.495 e. The van der Waals surface area contributed by atoms with E-state index in [-0.39, 0.29) is 24.4 Å². The average molecular weight is 492 g/mol. The number of benzene rings is 2. The van der Waals surface area contributed by atoms with E-state index in [1.165, 1.54) is 23.3 Å². The van der Waals surface area contributed by atoms with Gasteiger partial charge in [-0.2, -0.15) is 0 Å². The molecule has 35 heavy (non-hydrogen) atoms. The molecule has 2 aromatic carbocycles. The van der Waals surface area contributed by atoms with Gasteiger partial charge in [-0.3, -0.25) is 19.3 Å². The van der Waals surface area contributed by atoms with Crippen LogP contribution in [-0.4, -0.2) is 37.4 Å². The summed E-state index contributed by atoms with van der Waals surface area (Å²) in [5.74, 6) is -0.554. The summed E-state index contributed by atoms with van der Waals surface area (Å²) in [6.07, 6.45) is 4.00. The van der Waals surface area contributed by atoms with Gasteiger partial charge in [0.1, 0.15) is 11.8 Å². The number of rotatable bonds is 9. The van der Waals surface area contributed by atoms with Crippen molar-refractivity contribution in [2.45, 2.75) is 37.8 Å². The van der Waals surface area contributed by atoms with Gasteiger partial charge in [0.05, 0.1) is 24.2 Å². The SMILES string of the molecule is COc1ccccc1N(C(=O)CNC(=O)c1cccs1)C(C(=O)NC1CCCC1)c1ccccc1. The highest BCUT2D eigenvalue weighted by molar-refractivity contribution is 7.12. The predicted molar refractivity (Wildman–Crippen MR) is 137 cm³/mol. The van der Waals surface area contributed by atoms with Crippen molar-refractivity contribution in [3.05, 3.63) is 82.6 Å². The van der Waals surface area contributed by atoms with Crippen LogP contribution in [0, 0.1) is 0 Å². The molecule has 1 aliphatic rings. The van der Waals surface area contributed by atoms with E-state index in [0.717, 1.165) is 25.7 Å². The number of amides is 3. The lowest BCUT2D eigenvalue weighted by atomic mass is 10.0. The number of carbonyl (C=O) groups excluding carboxylic acids is 3. The summed E-state index contributed by atoms with van der Waals surface area (Å²) in [5, 5.41) is 7.65. The summed E-state index contributed by atoms with van der Waals surface area (Å²) in [4.78, 5) is 41.9. The maximum absolute atomic E-state index is 13.7. The normalized spacial score (nSPS) is 14.2. The molecule has 1 fully saturated rings. The number of ether oxygens (including phenoxy) is 1. The zero-order valence-electron chi connectivity index (χ0n) is 19.6. The van der Waals surface area contributed by atoms with Crippen molar-refractivity contribution in [3.63, 3.8) is 0 Å². The van der Waals surface area contributed by atoms with Gasteiger partial charge in [-0.1, -0.05) is 61.4 Å². The van der Waals surface area contributed by atoms with Crippen molar-refractivity contribution in [3.8, 4) is 5.75 Å². The van der Waals surface area contributed by atoms with E-state index < -0.39 is 11.9 Å². The fourth-order valence-electron chi connectivity index (χ4n) is 4.39. The van der Waals surface area contributed by atoms with Crippen molar-refractivity contribution in [1.29, 1.82) is 0 Å². The Kier molecular flexibility index (Phi) is 8.15. The molecule has 3 amide bonds. The lowest BCUT2D eigenvalue weighted by Crippen LogP contribution is -2.49. The zero-order valence-corrected chi connectivity index (χ0v) is 20.4. The first-order chi connectivity index (χ1) is 17.1. The minimum Gasteiger partial charge on any atom is -0.495 e. The van der Waals surface area contributed by atoms with Crippen molar-refractivity contribution < 1.29 is 19.1 Å². The van der Waals surface area contributed by atoms with Crippen LogP contribution in [0.1, 0.15) is 47.0 Å². The molecule has 4 rings (SSSR count). The molecule has 0 spiro atoms. The summed E-state index contributed by atoms with van der Waals surface area (Å²) in [7, 11) is 1.52. The van der Waals surface area contributed by atoms with Gasteiger partial charge in [-0.25, -0.2) is 0 Å². The molecule has 1 aromatic heterocycles. The van der Waals surface area contributed by atoms with Crippen molar-refractivity contribution in [2.75, 3.05) is 18.6 Å². The monoisotopic (exact) mass is 491 g/mol. The van der Waals surface area contributed by atoms with Crippen LogP contribution in [0.3, 0.4) is 0 Å². The van der Waals surface area contributed by atoms with E-state index in [0.29, 0.717) is 21.9 Å². The molecule has 0 saturated heterocycles. The van der Waals surface area contributed by atoms with E-state index in [1.807, 2.05) is 30.3 Å². The van der Waals surface area contributed by atoms with Crippen molar-refractivity contribution >= 4 is 34.7 Å². The Balaban J connectivity index is 1.70. The van der Waals surface area contributed by atoms with Gasteiger partial charge in [-0.05, 0) is 42.0 Å². The lowest BCUT2D eigenvalue weighted by molar-refractivity contribution is -0.126. The molecular weight excluding hydrogens is 462 g/mol. The highest BCUT2D eigenvalue weighted by atomic mass is 32.1. The minimum atomic E-state index is -0.931. The van der Waals surface area contributed by atoms with Crippen molar-refractivity contribution in [1.82, 2.24) is 10.6 Å². The van der Waals surface area contributed by atoms with Crippen LogP contribution < -0.4 is 20.3 Å². The molecule has 0 bridgehead atoms. The number of nitrogens with zero attached hydrogens (tertiary/aromatic N) is 1. The molecule has 3 aromatic rings. The highest BCUT2D eigenvalue weighted by Gasteiger charge is 2.35. The van der Waals surface area contributed by atoms with Gasteiger partial charge in [0.25, 0.3) is 5.91 Å².